The van der Waals surface area contributed by atoms with Crippen LogP contribution < -0.4 is 11.1 Å². The van der Waals surface area contributed by atoms with Gasteiger partial charge >= 0.3 is 0 Å². The molecule has 0 aromatic carbocycles. The zero-order valence-electron chi connectivity index (χ0n) is 8.84. The smallest absolute Gasteiger partial charge is 0.239 e. The third-order valence-electron chi connectivity index (χ3n) is 2.05. The van der Waals surface area contributed by atoms with Crippen LogP contribution in [-0.4, -0.2) is 44.0 Å². The molecule has 0 fully saturated rings. The Kier molecular flexibility index (Phi) is 6.54. The highest BCUT2D eigenvalue weighted by Gasteiger charge is 2.14. The van der Waals surface area contributed by atoms with Crippen LogP contribution in [0.25, 0.3) is 0 Å². The molecule has 0 saturated heterocycles. The number of amides is 1. The van der Waals surface area contributed by atoms with E-state index < -0.39 is 0 Å². The largest absolute Gasteiger partial charge is 0.344 e. The first-order valence-electron chi connectivity index (χ1n) is 4.78. The number of rotatable bonds is 6. The summed E-state index contributed by atoms with van der Waals surface area (Å²) < 4.78 is 0. The van der Waals surface area contributed by atoms with E-state index in [4.69, 9.17) is 5.73 Å². The van der Waals surface area contributed by atoms with Crippen LogP contribution in [0.15, 0.2) is 0 Å². The normalized spacial score (nSPS) is 12.6. The van der Waals surface area contributed by atoms with Gasteiger partial charge in [-0.25, -0.2) is 0 Å². The van der Waals surface area contributed by atoms with Crippen molar-refractivity contribution < 1.29 is 4.79 Å². The van der Waals surface area contributed by atoms with Crippen LogP contribution in [0.1, 0.15) is 19.8 Å². The Balaban J connectivity index is 3.69. The molecule has 1 atom stereocenters. The molecule has 0 spiro atoms. The molecule has 4 nitrogen and oxygen atoms in total. The quantitative estimate of drug-likeness (QED) is 0.566. The first-order chi connectivity index (χ1) is 6.13. The lowest BCUT2D eigenvalue weighted by Crippen LogP contribution is -2.42. The zero-order valence-corrected chi connectivity index (χ0v) is 8.84. The average Bonchev–Trinajstić information content (AvgIpc) is 2.15. The standard InChI is InChI=1S/C9H21N3O/c1-4-8(10)9(13)12(3)7-5-6-11-2/h8,11H,4-7,10H2,1-3H3/t8-/m0/s1. The van der Waals surface area contributed by atoms with E-state index in [2.05, 4.69) is 5.32 Å². The van der Waals surface area contributed by atoms with Crippen molar-refractivity contribution >= 4 is 5.91 Å². The highest BCUT2D eigenvalue weighted by molar-refractivity contribution is 5.81. The van der Waals surface area contributed by atoms with E-state index in [-0.39, 0.29) is 11.9 Å². The third kappa shape index (κ3) is 4.85. The van der Waals surface area contributed by atoms with Gasteiger partial charge in [0.25, 0.3) is 0 Å². The Hall–Kier alpha value is -0.610. The van der Waals surface area contributed by atoms with Crippen molar-refractivity contribution in [3.8, 4) is 0 Å². The van der Waals surface area contributed by atoms with Gasteiger partial charge in [0.1, 0.15) is 0 Å². The van der Waals surface area contributed by atoms with Crippen molar-refractivity contribution in [2.45, 2.75) is 25.8 Å². The Labute approximate surface area is 80.5 Å². The van der Waals surface area contributed by atoms with Gasteiger partial charge in [0.2, 0.25) is 5.91 Å². The molecule has 0 aliphatic heterocycles. The Morgan fingerprint density at radius 1 is 1.62 bits per heavy atom. The minimum atomic E-state index is -0.334. The van der Waals surface area contributed by atoms with Gasteiger partial charge in [-0.1, -0.05) is 6.92 Å². The molecule has 78 valence electrons. The molecular weight excluding hydrogens is 166 g/mol. The van der Waals surface area contributed by atoms with Crippen LogP contribution in [0.3, 0.4) is 0 Å². The lowest BCUT2D eigenvalue weighted by molar-refractivity contribution is -0.131. The molecule has 0 aromatic rings. The van der Waals surface area contributed by atoms with E-state index in [0.717, 1.165) is 19.5 Å². The predicted molar refractivity (Wildman–Crippen MR) is 54.4 cm³/mol. The molecule has 3 N–H and O–H groups in total. The molecule has 0 heterocycles. The monoisotopic (exact) mass is 187 g/mol. The molecule has 4 heteroatoms. The van der Waals surface area contributed by atoms with Crippen molar-refractivity contribution in [1.29, 1.82) is 0 Å². The third-order valence-corrected chi connectivity index (χ3v) is 2.05. The summed E-state index contributed by atoms with van der Waals surface area (Å²) in [5, 5.41) is 3.04. The summed E-state index contributed by atoms with van der Waals surface area (Å²) in [6, 6.07) is -0.334. The van der Waals surface area contributed by atoms with Gasteiger partial charge in [-0.15, -0.1) is 0 Å². The fraction of sp³-hybridized carbons (Fsp3) is 0.889. The second kappa shape index (κ2) is 6.86. The van der Waals surface area contributed by atoms with Crippen molar-refractivity contribution in [3.63, 3.8) is 0 Å². The van der Waals surface area contributed by atoms with Gasteiger partial charge in [-0.2, -0.15) is 0 Å². The highest BCUT2D eigenvalue weighted by Crippen LogP contribution is 1.95. The second-order valence-corrected chi connectivity index (χ2v) is 3.23. The maximum atomic E-state index is 11.4. The number of nitrogens with one attached hydrogen (secondary N) is 1. The van der Waals surface area contributed by atoms with E-state index in [1.807, 2.05) is 14.0 Å². The Morgan fingerprint density at radius 3 is 2.69 bits per heavy atom. The minimum absolute atomic E-state index is 0.0404. The van der Waals surface area contributed by atoms with Crippen LogP contribution in [0, 0.1) is 0 Å². The summed E-state index contributed by atoms with van der Waals surface area (Å²) in [6.07, 6.45) is 1.67. The van der Waals surface area contributed by atoms with Gasteiger partial charge < -0.3 is 16.0 Å². The molecule has 0 radical (unpaired) electrons. The summed E-state index contributed by atoms with van der Waals surface area (Å²) in [6.45, 7) is 3.62. The predicted octanol–water partition coefficient (Wildman–Crippen LogP) is -0.208. The van der Waals surface area contributed by atoms with E-state index >= 15 is 0 Å². The molecular formula is C9H21N3O. The van der Waals surface area contributed by atoms with Crippen LogP contribution in [0.4, 0.5) is 0 Å². The maximum absolute atomic E-state index is 11.4. The topological polar surface area (TPSA) is 58.4 Å². The number of carbonyl (C=O) groups is 1. The van der Waals surface area contributed by atoms with Gasteiger partial charge in [0.15, 0.2) is 0 Å². The fourth-order valence-corrected chi connectivity index (χ4v) is 1.06. The van der Waals surface area contributed by atoms with Gasteiger partial charge in [0.05, 0.1) is 6.04 Å². The number of hydrogen-bond acceptors (Lipinski definition) is 3. The first kappa shape index (κ1) is 12.4. The van der Waals surface area contributed by atoms with E-state index in [1.165, 1.54) is 0 Å². The lowest BCUT2D eigenvalue weighted by atomic mass is 10.2. The van der Waals surface area contributed by atoms with Crippen LogP contribution in [0.5, 0.6) is 0 Å². The molecule has 0 aromatic heterocycles. The molecule has 0 unspecified atom stereocenters. The molecule has 0 saturated carbocycles. The van der Waals surface area contributed by atoms with Crippen molar-refractivity contribution in [3.05, 3.63) is 0 Å². The first-order valence-corrected chi connectivity index (χ1v) is 4.78. The van der Waals surface area contributed by atoms with Crippen molar-refractivity contribution in [1.82, 2.24) is 10.2 Å². The zero-order chi connectivity index (χ0) is 10.3. The number of hydrogen-bond donors (Lipinski definition) is 2. The van der Waals surface area contributed by atoms with Gasteiger partial charge in [-0.05, 0) is 26.4 Å². The highest BCUT2D eigenvalue weighted by atomic mass is 16.2. The van der Waals surface area contributed by atoms with E-state index in [0.29, 0.717) is 6.42 Å². The molecule has 0 aliphatic rings. The Morgan fingerprint density at radius 2 is 2.23 bits per heavy atom. The summed E-state index contributed by atoms with van der Waals surface area (Å²) >= 11 is 0. The number of nitrogens with zero attached hydrogens (tertiary/aromatic N) is 1. The number of likely N-dealkylation sites (N-methyl/N-ethyl adjacent to an activating group) is 1. The minimum Gasteiger partial charge on any atom is -0.344 e. The van der Waals surface area contributed by atoms with Crippen molar-refractivity contribution in [2.75, 3.05) is 27.2 Å². The van der Waals surface area contributed by atoms with E-state index in [9.17, 15) is 4.79 Å². The molecule has 0 rings (SSSR count). The lowest BCUT2D eigenvalue weighted by Gasteiger charge is -2.20. The van der Waals surface area contributed by atoms with Crippen LogP contribution >= 0.6 is 0 Å². The number of nitrogens with two attached hydrogens (primary N) is 1. The van der Waals surface area contributed by atoms with Crippen LogP contribution in [0.2, 0.25) is 0 Å². The molecule has 13 heavy (non-hydrogen) atoms. The Bertz CT molecular complexity index is 150. The summed E-state index contributed by atoms with van der Waals surface area (Å²) in [4.78, 5) is 13.1. The fourth-order valence-electron chi connectivity index (χ4n) is 1.06. The summed E-state index contributed by atoms with van der Waals surface area (Å²) in [7, 11) is 3.70. The number of carbonyl (C=O) groups excluding carboxylic acids is 1. The van der Waals surface area contributed by atoms with Crippen molar-refractivity contribution in [2.24, 2.45) is 5.73 Å². The molecule has 0 aliphatic carbocycles. The second-order valence-electron chi connectivity index (χ2n) is 3.23. The summed E-state index contributed by atoms with van der Waals surface area (Å²) in [5.41, 5.74) is 5.61. The molecule has 1 amide bonds. The average molecular weight is 187 g/mol. The SMILES string of the molecule is CC[C@H](N)C(=O)N(C)CCCNC. The van der Waals surface area contributed by atoms with E-state index in [1.54, 1.807) is 11.9 Å². The summed E-state index contributed by atoms with van der Waals surface area (Å²) in [5.74, 6) is 0.0404. The molecule has 0 bridgehead atoms. The van der Waals surface area contributed by atoms with Gasteiger partial charge in [-0.3, -0.25) is 4.79 Å². The van der Waals surface area contributed by atoms with Crippen LogP contribution in [-0.2, 0) is 4.79 Å². The maximum Gasteiger partial charge on any atom is 0.239 e. The van der Waals surface area contributed by atoms with Gasteiger partial charge in [0, 0.05) is 13.6 Å².